The fraction of sp³-hybridized carbons (Fsp3) is 0.364. The molecular formula is C22H23N3O6. The number of fused-ring (bicyclic) bond motifs is 1. The molecule has 0 bridgehead atoms. The number of nitro benzene ring substituents is 1. The Bertz CT molecular complexity index is 1020. The van der Waals surface area contributed by atoms with Crippen molar-refractivity contribution in [1.82, 2.24) is 10.6 Å². The molecule has 1 aliphatic carbocycles. The van der Waals surface area contributed by atoms with Crippen LogP contribution >= 0.6 is 0 Å². The third-order valence-electron chi connectivity index (χ3n) is 5.38. The smallest absolute Gasteiger partial charge is 0.270 e. The minimum Gasteiger partial charge on any atom is -0.486 e. The maximum absolute atomic E-state index is 12.8. The molecule has 0 saturated heterocycles. The first-order valence-corrected chi connectivity index (χ1v) is 10.2. The fourth-order valence-electron chi connectivity index (χ4n) is 3.54. The highest BCUT2D eigenvalue weighted by atomic mass is 16.6. The van der Waals surface area contributed by atoms with Gasteiger partial charge in [-0.2, -0.15) is 0 Å². The molecule has 9 heteroatoms. The van der Waals surface area contributed by atoms with Crippen LogP contribution in [0.3, 0.4) is 0 Å². The molecule has 162 valence electrons. The number of carbonyl (C=O) groups excluding carboxylic acids is 2. The second-order valence-corrected chi connectivity index (χ2v) is 7.73. The first-order valence-electron chi connectivity index (χ1n) is 10.2. The quantitative estimate of drug-likeness (QED) is 0.520. The predicted octanol–water partition coefficient (Wildman–Crippen LogP) is 2.75. The van der Waals surface area contributed by atoms with Crippen LogP contribution in [-0.4, -0.2) is 36.0 Å². The zero-order valence-corrected chi connectivity index (χ0v) is 17.0. The Morgan fingerprint density at radius 1 is 1.06 bits per heavy atom. The van der Waals surface area contributed by atoms with Crippen molar-refractivity contribution in [1.29, 1.82) is 0 Å². The molecule has 2 amide bonds. The Morgan fingerprint density at radius 2 is 1.81 bits per heavy atom. The van der Waals surface area contributed by atoms with Crippen molar-refractivity contribution in [2.75, 3.05) is 13.2 Å². The molecule has 2 unspecified atom stereocenters. The summed E-state index contributed by atoms with van der Waals surface area (Å²) < 4.78 is 11.2. The maximum Gasteiger partial charge on any atom is 0.270 e. The summed E-state index contributed by atoms with van der Waals surface area (Å²) in [5, 5.41) is 16.6. The van der Waals surface area contributed by atoms with Gasteiger partial charge in [-0.15, -0.1) is 0 Å². The summed E-state index contributed by atoms with van der Waals surface area (Å²) in [6.07, 6.45) is 2.02. The van der Waals surface area contributed by atoms with E-state index in [4.69, 9.17) is 9.47 Å². The van der Waals surface area contributed by atoms with E-state index in [1.807, 2.05) is 18.2 Å². The summed E-state index contributed by atoms with van der Waals surface area (Å²) >= 11 is 0. The lowest BCUT2D eigenvalue weighted by Gasteiger charge is -2.24. The van der Waals surface area contributed by atoms with Gasteiger partial charge in [0, 0.05) is 17.7 Å². The van der Waals surface area contributed by atoms with Crippen LogP contribution in [0.2, 0.25) is 0 Å². The van der Waals surface area contributed by atoms with Crippen LogP contribution in [0.4, 0.5) is 5.69 Å². The predicted molar refractivity (Wildman–Crippen MR) is 111 cm³/mol. The number of non-ortho nitro benzene ring substituents is 1. The van der Waals surface area contributed by atoms with Crippen molar-refractivity contribution < 1.29 is 24.0 Å². The lowest BCUT2D eigenvalue weighted by Crippen LogP contribution is -2.46. The summed E-state index contributed by atoms with van der Waals surface area (Å²) in [5.74, 6) is 0.800. The molecule has 1 aliphatic heterocycles. The summed E-state index contributed by atoms with van der Waals surface area (Å²) in [7, 11) is 0. The van der Waals surface area contributed by atoms with Gasteiger partial charge in [0.15, 0.2) is 11.5 Å². The van der Waals surface area contributed by atoms with E-state index in [9.17, 15) is 19.7 Å². The Balaban J connectivity index is 1.43. The van der Waals surface area contributed by atoms with Crippen LogP contribution in [0.1, 0.15) is 41.7 Å². The standard InChI is InChI=1S/C22H23N3O6/c1-13(23-22(27)16-3-2-4-17(11-16)25(28)29)21(26)24-20(14-5-6-14)15-7-8-18-19(12-15)31-10-9-30-18/h2-4,7-8,11-14,20H,5-6,9-10H2,1H3,(H,23,27)(H,24,26). The third-order valence-corrected chi connectivity index (χ3v) is 5.38. The molecule has 2 aromatic carbocycles. The number of rotatable bonds is 7. The minimum atomic E-state index is -0.815. The molecule has 2 N–H and O–H groups in total. The molecule has 1 fully saturated rings. The van der Waals surface area contributed by atoms with Gasteiger partial charge in [0.1, 0.15) is 19.3 Å². The van der Waals surface area contributed by atoms with Gasteiger partial charge in [0.05, 0.1) is 11.0 Å². The number of amides is 2. The minimum absolute atomic E-state index is 0.124. The van der Waals surface area contributed by atoms with Crippen molar-refractivity contribution in [3.8, 4) is 11.5 Å². The van der Waals surface area contributed by atoms with E-state index in [2.05, 4.69) is 10.6 Å². The first kappa shape index (κ1) is 20.6. The van der Waals surface area contributed by atoms with Crippen molar-refractivity contribution >= 4 is 17.5 Å². The molecule has 0 radical (unpaired) electrons. The molecule has 2 aromatic rings. The van der Waals surface area contributed by atoms with Crippen LogP contribution in [-0.2, 0) is 4.79 Å². The largest absolute Gasteiger partial charge is 0.486 e. The molecule has 1 saturated carbocycles. The number of nitrogens with zero attached hydrogens (tertiary/aromatic N) is 1. The number of hydrogen-bond donors (Lipinski definition) is 2. The van der Waals surface area contributed by atoms with E-state index in [1.165, 1.54) is 24.3 Å². The molecular weight excluding hydrogens is 402 g/mol. The maximum atomic E-state index is 12.8. The summed E-state index contributed by atoms with van der Waals surface area (Å²) in [4.78, 5) is 35.6. The van der Waals surface area contributed by atoms with Crippen molar-refractivity contribution in [3.63, 3.8) is 0 Å². The number of nitro groups is 1. The van der Waals surface area contributed by atoms with E-state index in [0.717, 1.165) is 18.4 Å². The van der Waals surface area contributed by atoms with E-state index in [0.29, 0.717) is 30.6 Å². The van der Waals surface area contributed by atoms with Gasteiger partial charge in [-0.3, -0.25) is 19.7 Å². The van der Waals surface area contributed by atoms with Gasteiger partial charge in [-0.05, 0) is 49.4 Å². The molecule has 1 heterocycles. The number of hydrogen-bond acceptors (Lipinski definition) is 6. The lowest BCUT2D eigenvalue weighted by atomic mass is 10.0. The van der Waals surface area contributed by atoms with Gasteiger partial charge in [-0.25, -0.2) is 0 Å². The van der Waals surface area contributed by atoms with Gasteiger partial charge >= 0.3 is 0 Å². The Morgan fingerprint density at radius 3 is 2.52 bits per heavy atom. The normalized spacial score (nSPS) is 16.7. The fourth-order valence-corrected chi connectivity index (χ4v) is 3.54. The van der Waals surface area contributed by atoms with Crippen molar-refractivity contribution in [3.05, 3.63) is 63.7 Å². The second kappa shape index (κ2) is 8.63. The SMILES string of the molecule is CC(NC(=O)c1cccc([N+](=O)[O-])c1)C(=O)NC(c1ccc2c(c1)OCCO2)C1CC1. The molecule has 0 aromatic heterocycles. The molecule has 2 atom stereocenters. The van der Waals surface area contributed by atoms with E-state index >= 15 is 0 Å². The molecule has 4 rings (SSSR count). The zero-order valence-electron chi connectivity index (χ0n) is 17.0. The van der Waals surface area contributed by atoms with Crippen LogP contribution in [0.15, 0.2) is 42.5 Å². The number of benzene rings is 2. The first-order chi connectivity index (χ1) is 14.9. The average molecular weight is 425 g/mol. The summed E-state index contributed by atoms with van der Waals surface area (Å²) in [6.45, 7) is 2.58. The monoisotopic (exact) mass is 425 g/mol. The van der Waals surface area contributed by atoms with Crippen molar-refractivity contribution in [2.45, 2.75) is 31.8 Å². The number of carbonyl (C=O) groups is 2. The molecule has 0 spiro atoms. The second-order valence-electron chi connectivity index (χ2n) is 7.73. The Labute approximate surface area is 178 Å². The number of nitrogens with one attached hydrogen (secondary N) is 2. The molecule has 9 nitrogen and oxygen atoms in total. The van der Waals surface area contributed by atoms with E-state index < -0.39 is 16.9 Å². The summed E-state index contributed by atoms with van der Waals surface area (Å²) in [6, 6.07) is 10.0. The Hall–Kier alpha value is -3.62. The highest BCUT2D eigenvalue weighted by molar-refractivity contribution is 5.97. The van der Waals surface area contributed by atoms with E-state index in [-0.39, 0.29) is 23.2 Å². The van der Waals surface area contributed by atoms with Gasteiger partial charge in [0.25, 0.3) is 11.6 Å². The molecule has 2 aliphatic rings. The van der Waals surface area contributed by atoms with E-state index in [1.54, 1.807) is 6.92 Å². The van der Waals surface area contributed by atoms with Gasteiger partial charge in [-0.1, -0.05) is 12.1 Å². The summed E-state index contributed by atoms with van der Waals surface area (Å²) in [5.41, 5.74) is 0.869. The topological polar surface area (TPSA) is 120 Å². The average Bonchev–Trinajstić information content (AvgIpc) is 3.62. The van der Waals surface area contributed by atoms with Gasteiger partial charge < -0.3 is 20.1 Å². The highest BCUT2D eigenvalue weighted by Gasteiger charge is 2.35. The zero-order chi connectivity index (χ0) is 22.0. The third kappa shape index (κ3) is 4.76. The molecule has 31 heavy (non-hydrogen) atoms. The van der Waals surface area contributed by atoms with Crippen molar-refractivity contribution in [2.24, 2.45) is 5.92 Å². The van der Waals surface area contributed by atoms with Crippen LogP contribution in [0, 0.1) is 16.0 Å². The lowest BCUT2D eigenvalue weighted by molar-refractivity contribution is -0.384. The van der Waals surface area contributed by atoms with Crippen LogP contribution in [0.25, 0.3) is 0 Å². The van der Waals surface area contributed by atoms with Crippen LogP contribution in [0.5, 0.6) is 11.5 Å². The number of ether oxygens (including phenoxy) is 2. The highest BCUT2D eigenvalue weighted by Crippen LogP contribution is 2.43. The Kier molecular flexibility index (Phi) is 5.75. The van der Waals surface area contributed by atoms with Gasteiger partial charge in [0.2, 0.25) is 5.91 Å². The van der Waals surface area contributed by atoms with Crippen LogP contribution < -0.4 is 20.1 Å².